The van der Waals surface area contributed by atoms with Gasteiger partial charge in [-0.3, -0.25) is 13.9 Å². The second kappa shape index (κ2) is 13.2. The van der Waals surface area contributed by atoms with E-state index in [1.807, 2.05) is 13.2 Å². The van der Waals surface area contributed by atoms with Crippen LogP contribution in [0.5, 0.6) is 0 Å². The van der Waals surface area contributed by atoms with Crippen molar-refractivity contribution in [3.63, 3.8) is 0 Å². The number of rotatable bonds is 11. The van der Waals surface area contributed by atoms with Crippen molar-refractivity contribution in [3.05, 3.63) is 88.9 Å². The van der Waals surface area contributed by atoms with Crippen LogP contribution >= 0.6 is 23.4 Å². The van der Waals surface area contributed by atoms with E-state index in [4.69, 9.17) is 11.6 Å². The van der Waals surface area contributed by atoms with E-state index in [0.29, 0.717) is 22.7 Å². The first-order chi connectivity index (χ1) is 18.1. The number of benzene rings is 3. The van der Waals surface area contributed by atoms with Gasteiger partial charge in [0.05, 0.1) is 10.6 Å². The van der Waals surface area contributed by atoms with Gasteiger partial charge in [0.15, 0.2) is 0 Å². The Morgan fingerprint density at radius 2 is 1.63 bits per heavy atom. The van der Waals surface area contributed by atoms with Gasteiger partial charge >= 0.3 is 0 Å². The Morgan fingerprint density at radius 3 is 2.18 bits per heavy atom. The monoisotopic (exact) mass is 573 g/mol. The number of sulfonamides is 1. The molecule has 38 heavy (non-hydrogen) atoms. The molecule has 0 heterocycles. The van der Waals surface area contributed by atoms with E-state index in [1.165, 1.54) is 35.8 Å². The van der Waals surface area contributed by atoms with Crippen molar-refractivity contribution in [3.8, 4) is 0 Å². The molecule has 0 saturated heterocycles. The number of anilines is 1. The molecule has 0 radical (unpaired) electrons. The number of carbonyl (C=O) groups is 2. The molecule has 2 amide bonds. The first kappa shape index (κ1) is 29.5. The molecule has 10 heteroatoms. The van der Waals surface area contributed by atoms with E-state index in [0.717, 1.165) is 14.8 Å². The zero-order valence-corrected chi connectivity index (χ0v) is 24.2. The lowest BCUT2D eigenvalue weighted by molar-refractivity contribution is -0.140. The lowest BCUT2D eigenvalue weighted by atomic mass is 10.1. The van der Waals surface area contributed by atoms with Gasteiger partial charge in [0, 0.05) is 23.5 Å². The van der Waals surface area contributed by atoms with Crippen LogP contribution in [0.2, 0.25) is 5.02 Å². The van der Waals surface area contributed by atoms with Crippen molar-refractivity contribution in [2.24, 2.45) is 0 Å². The fourth-order valence-corrected chi connectivity index (χ4v) is 6.03. The highest BCUT2D eigenvalue weighted by molar-refractivity contribution is 7.98. The first-order valence-electron chi connectivity index (χ1n) is 12.1. The van der Waals surface area contributed by atoms with Crippen LogP contribution in [-0.2, 0) is 26.2 Å². The van der Waals surface area contributed by atoms with Crippen LogP contribution in [0.15, 0.2) is 82.6 Å². The lowest BCUT2D eigenvalue weighted by Crippen LogP contribution is -2.51. The maximum atomic E-state index is 13.9. The number of hydrogen-bond donors (Lipinski definition) is 1. The number of nitrogens with one attached hydrogen (secondary N) is 1. The zero-order valence-electron chi connectivity index (χ0n) is 21.8. The molecule has 7 nitrogen and oxygen atoms in total. The third-order valence-corrected chi connectivity index (χ3v) is 9.08. The quantitative estimate of drug-likeness (QED) is 0.322. The van der Waals surface area contributed by atoms with E-state index in [9.17, 15) is 18.0 Å². The summed E-state index contributed by atoms with van der Waals surface area (Å²) in [6.45, 7) is 3.26. The Kier molecular flexibility index (Phi) is 10.2. The van der Waals surface area contributed by atoms with Gasteiger partial charge in [0.1, 0.15) is 12.6 Å². The third kappa shape index (κ3) is 6.89. The molecule has 0 aliphatic heterocycles. The van der Waals surface area contributed by atoms with E-state index < -0.39 is 28.5 Å². The fourth-order valence-electron chi connectivity index (χ4n) is 4.01. The Hall–Kier alpha value is -3.01. The summed E-state index contributed by atoms with van der Waals surface area (Å²) in [6, 6.07) is 19.7. The summed E-state index contributed by atoms with van der Waals surface area (Å²) in [4.78, 5) is 29.1. The molecule has 3 rings (SSSR count). The second-order valence-electron chi connectivity index (χ2n) is 8.67. The molecule has 1 unspecified atom stereocenters. The van der Waals surface area contributed by atoms with Crippen molar-refractivity contribution < 1.29 is 18.0 Å². The van der Waals surface area contributed by atoms with Gasteiger partial charge in [-0.1, -0.05) is 54.4 Å². The van der Waals surface area contributed by atoms with E-state index in [1.54, 1.807) is 67.6 Å². The number of hydrogen-bond acceptors (Lipinski definition) is 5. The topological polar surface area (TPSA) is 86.8 Å². The van der Waals surface area contributed by atoms with Gasteiger partial charge < -0.3 is 10.2 Å². The molecular formula is C28H32ClN3O4S2. The molecule has 3 aromatic carbocycles. The maximum absolute atomic E-state index is 13.9. The smallest absolute Gasteiger partial charge is 0.264 e. The SMILES string of the molecule is CCC(C(=O)NC)N(Cc1ccccc1Cl)C(=O)CN(c1ccc(C)cc1)S(=O)(=O)c1ccc(SC)cc1. The van der Waals surface area contributed by atoms with Crippen molar-refractivity contribution in [2.75, 3.05) is 24.2 Å². The van der Waals surface area contributed by atoms with Crippen LogP contribution in [0.3, 0.4) is 0 Å². The Balaban J connectivity index is 2.06. The highest BCUT2D eigenvalue weighted by Gasteiger charge is 2.33. The molecular weight excluding hydrogens is 542 g/mol. The Bertz CT molecular complexity index is 1360. The molecule has 0 aliphatic rings. The van der Waals surface area contributed by atoms with E-state index in [-0.39, 0.29) is 17.3 Å². The van der Waals surface area contributed by atoms with Crippen molar-refractivity contribution in [2.45, 2.75) is 42.6 Å². The van der Waals surface area contributed by atoms with Gasteiger partial charge in [-0.2, -0.15) is 0 Å². The predicted molar refractivity (Wildman–Crippen MR) is 154 cm³/mol. The fraction of sp³-hybridized carbons (Fsp3) is 0.286. The van der Waals surface area contributed by atoms with Crippen molar-refractivity contribution in [1.82, 2.24) is 10.2 Å². The summed E-state index contributed by atoms with van der Waals surface area (Å²) < 4.78 is 28.8. The largest absolute Gasteiger partial charge is 0.357 e. The first-order valence-corrected chi connectivity index (χ1v) is 15.1. The normalized spacial score (nSPS) is 12.0. The standard InChI is InChI=1S/C28H32ClN3O4S2/c1-5-26(28(34)30-3)31(18-21-8-6-7-9-25(21)29)27(33)19-32(22-12-10-20(2)11-13-22)38(35,36)24-16-14-23(37-4)15-17-24/h6-17,26H,5,18-19H2,1-4H3,(H,30,34). The summed E-state index contributed by atoms with van der Waals surface area (Å²) in [5, 5.41) is 3.06. The summed E-state index contributed by atoms with van der Waals surface area (Å²) in [6.07, 6.45) is 2.24. The highest BCUT2D eigenvalue weighted by atomic mass is 35.5. The molecule has 1 atom stereocenters. The highest BCUT2D eigenvalue weighted by Crippen LogP contribution is 2.27. The van der Waals surface area contributed by atoms with Gasteiger partial charge in [0.25, 0.3) is 10.0 Å². The number of likely N-dealkylation sites (N-methyl/N-ethyl adjacent to an activating group) is 1. The van der Waals surface area contributed by atoms with Crippen LogP contribution in [0, 0.1) is 6.92 Å². The number of amides is 2. The minimum atomic E-state index is -4.11. The average molecular weight is 574 g/mol. The van der Waals surface area contributed by atoms with Gasteiger partial charge in [0.2, 0.25) is 11.8 Å². The minimum Gasteiger partial charge on any atom is -0.357 e. The molecule has 0 aliphatic carbocycles. The molecule has 0 spiro atoms. The van der Waals surface area contributed by atoms with Gasteiger partial charge in [-0.05, 0) is 67.6 Å². The molecule has 202 valence electrons. The lowest BCUT2D eigenvalue weighted by Gasteiger charge is -2.33. The summed E-state index contributed by atoms with van der Waals surface area (Å²) in [7, 11) is -2.61. The Morgan fingerprint density at radius 1 is 1.00 bits per heavy atom. The molecule has 0 fully saturated rings. The van der Waals surface area contributed by atoms with Crippen LogP contribution in [0.4, 0.5) is 5.69 Å². The maximum Gasteiger partial charge on any atom is 0.264 e. The number of carbonyl (C=O) groups excluding carboxylic acids is 2. The van der Waals surface area contributed by atoms with Crippen molar-refractivity contribution >= 4 is 50.9 Å². The van der Waals surface area contributed by atoms with Gasteiger partial charge in [-0.25, -0.2) is 8.42 Å². The molecule has 0 saturated carbocycles. The molecule has 0 aromatic heterocycles. The Labute approximate surface area is 234 Å². The van der Waals surface area contributed by atoms with Gasteiger partial charge in [-0.15, -0.1) is 11.8 Å². The minimum absolute atomic E-state index is 0.0502. The third-order valence-electron chi connectivity index (χ3n) is 6.18. The molecule has 0 bridgehead atoms. The van der Waals surface area contributed by atoms with E-state index >= 15 is 0 Å². The zero-order chi connectivity index (χ0) is 27.9. The number of aryl methyl sites for hydroxylation is 1. The number of thioether (sulfide) groups is 1. The molecule has 3 aromatic rings. The van der Waals surface area contributed by atoms with Crippen LogP contribution in [-0.4, -0.2) is 51.0 Å². The van der Waals surface area contributed by atoms with Crippen molar-refractivity contribution in [1.29, 1.82) is 0 Å². The summed E-state index contributed by atoms with van der Waals surface area (Å²) in [5.74, 6) is -0.865. The van der Waals surface area contributed by atoms with E-state index in [2.05, 4.69) is 5.32 Å². The van der Waals surface area contributed by atoms with Crippen LogP contribution in [0.1, 0.15) is 24.5 Å². The van der Waals surface area contributed by atoms with Crippen LogP contribution < -0.4 is 9.62 Å². The van der Waals surface area contributed by atoms with Crippen LogP contribution in [0.25, 0.3) is 0 Å². The summed E-state index contributed by atoms with van der Waals surface area (Å²) >= 11 is 7.89. The average Bonchev–Trinajstić information content (AvgIpc) is 2.92. The number of halogens is 1. The molecule has 1 N–H and O–H groups in total. The second-order valence-corrected chi connectivity index (χ2v) is 11.8. The number of nitrogens with zero attached hydrogens (tertiary/aromatic N) is 2. The predicted octanol–water partition coefficient (Wildman–Crippen LogP) is 5.12. The summed E-state index contributed by atoms with van der Waals surface area (Å²) in [5.41, 5.74) is 1.96.